The minimum atomic E-state index is -0.430. The van der Waals surface area contributed by atoms with Gasteiger partial charge < -0.3 is 9.15 Å². The molecule has 1 aromatic carbocycles. The van der Waals surface area contributed by atoms with E-state index in [-0.39, 0.29) is 11.7 Å². The van der Waals surface area contributed by atoms with E-state index in [9.17, 15) is 4.79 Å². The van der Waals surface area contributed by atoms with Gasteiger partial charge in [-0.3, -0.25) is 0 Å². The van der Waals surface area contributed by atoms with Crippen LogP contribution in [0.5, 0.6) is 0 Å². The van der Waals surface area contributed by atoms with Crippen LogP contribution in [0.4, 0.5) is 0 Å². The van der Waals surface area contributed by atoms with Crippen molar-refractivity contribution in [1.82, 2.24) is 4.98 Å². The van der Waals surface area contributed by atoms with Gasteiger partial charge >= 0.3 is 5.97 Å². The lowest BCUT2D eigenvalue weighted by Gasteiger charge is -1.98. The van der Waals surface area contributed by atoms with E-state index in [2.05, 4.69) is 17.1 Å². The standard InChI is InChI=1S/C16H17NO3/c1-3-19-16(18)14-10(2)17-15(20-14)13-9-12(13)11-7-5-4-6-8-11/h4-8,12-13H,3,9H2,1-2H3. The molecule has 3 rings (SSSR count). The fourth-order valence-corrected chi connectivity index (χ4v) is 2.50. The van der Waals surface area contributed by atoms with Gasteiger partial charge in [0.05, 0.1) is 12.3 Å². The van der Waals surface area contributed by atoms with Crippen molar-refractivity contribution in [2.45, 2.75) is 32.1 Å². The summed E-state index contributed by atoms with van der Waals surface area (Å²) in [6.45, 7) is 3.89. The van der Waals surface area contributed by atoms with Crippen molar-refractivity contribution in [3.8, 4) is 0 Å². The van der Waals surface area contributed by atoms with E-state index >= 15 is 0 Å². The third kappa shape index (κ3) is 2.33. The van der Waals surface area contributed by atoms with Crippen LogP contribution in [-0.2, 0) is 4.74 Å². The number of rotatable bonds is 4. The maximum absolute atomic E-state index is 11.7. The van der Waals surface area contributed by atoms with E-state index in [0.717, 1.165) is 6.42 Å². The Morgan fingerprint density at radius 3 is 2.80 bits per heavy atom. The number of esters is 1. The Balaban J connectivity index is 1.77. The number of aromatic nitrogens is 1. The maximum Gasteiger partial charge on any atom is 0.376 e. The average molecular weight is 271 g/mol. The van der Waals surface area contributed by atoms with Crippen LogP contribution in [0.3, 0.4) is 0 Å². The van der Waals surface area contributed by atoms with Crippen LogP contribution in [0.15, 0.2) is 34.7 Å². The molecule has 4 nitrogen and oxygen atoms in total. The third-order valence-electron chi connectivity index (χ3n) is 3.61. The van der Waals surface area contributed by atoms with Crippen molar-refractivity contribution in [3.05, 3.63) is 53.2 Å². The Kier molecular flexibility index (Phi) is 3.30. The van der Waals surface area contributed by atoms with Crippen LogP contribution in [-0.4, -0.2) is 17.6 Å². The van der Waals surface area contributed by atoms with Crippen LogP contribution in [0.1, 0.15) is 52.9 Å². The summed E-state index contributed by atoms with van der Waals surface area (Å²) in [6.07, 6.45) is 1.02. The topological polar surface area (TPSA) is 52.3 Å². The van der Waals surface area contributed by atoms with Gasteiger partial charge in [0.25, 0.3) is 0 Å². The largest absolute Gasteiger partial charge is 0.460 e. The zero-order valence-corrected chi connectivity index (χ0v) is 11.6. The summed E-state index contributed by atoms with van der Waals surface area (Å²) in [5.41, 5.74) is 1.91. The van der Waals surface area contributed by atoms with Gasteiger partial charge in [0, 0.05) is 5.92 Å². The van der Waals surface area contributed by atoms with Crippen LogP contribution in [0.25, 0.3) is 0 Å². The molecule has 0 amide bonds. The summed E-state index contributed by atoms with van der Waals surface area (Å²) in [7, 11) is 0. The Labute approximate surface area is 117 Å². The van der Waals surface area contributed by atoms with Crippen molar-refractivity contribution in [3.63, 3.8) is 0 Å². The predicted octanol–water partition coefficient (Wildman–Crippen LogP) is 3.43. The minimum absolute atomic E-state index is 0.237. The summed E-state index contributed by atoms with van der Waals surface area (Å²) in [5, 5.41) is 0. The van der Waals surface area contributed by atoms with Gasteiger partial charge in [-0.1, -0.05) is 30.3 Å². The summed E-state index contributed by atoms with van der Waals surface area (Å²) < 4.78 is 10.6. The van der Waals surface area contributed by atoms with Crippen LogP contribution in [0, 0.1) is 6.92 Å². The van der Waals surface area contributed by atoms with Crippen LogP contribution >= 0.6 is 0 Å². The molecular formula is C16H17NO3. The van der Waals surface area contributed by atoms with E-state index in [1.165, 1.54) is 5.56 Å². The van der Waals surface area contributed by atoms with Crippen molar-refractivity contribution >= 4 is 5.97 Å². The Morgan fingerprint density at radius 1 is 1.35 bits per heavy atom. The van der Waals surface area contributed by atoms with E-state index in [1.54, 1.807) is 13.8 Å². The number of benzene rings is 1. The molecule has 1 aliphatic carbocycles. The number of aryl methyl sites for hydroxylation is 1. The van der Waals surface area contributed by atoms with E-state index < -0.39 is 5.97 Å². The van der Waals surface area contributed by atoms with Crippen LogP contribution < -0.4 is 0 Å². The zero-order valence-electron chi connectivity index (χ0n) is 11.6. The first-order valence-electron chi connectivity index (χ1n) is 6.90. The van der Waals surface area contributed by atoms with E-state index in [1.807, 2.05) is 18.2 Å². The van der Waals surface area contributed by atoms with Crippen LogP contribution in [0.2, 0.25) is 0 Å². The van der Waals surface area contributed by atoms with Gasteiger partial charge in [-0.2, -0.15) is 0 Å². The molecular weight excluding hydrogens is 254 g/mol. The van der Waals surface area contributed by atoms with Crippen molar-refractivity contribution in [2.75, 3.05) is 6.61 Å². The van der Waals surface area contributed by atoms with Crippen molar-refractivity contribution in [2.24, 2.45) is 0 Å². The monoisotopic (exact) mass is 271 g/mol. The number of nitrogens with zero attached hydrogens (tertiary/aromatic N) is 1. The highest BCUT2D eigenvalue weighted by Crippen LogP contribution is 2.54. The van der Waals surface area contributed by atoms with Gasteiger partial charge in [-0.15, -0.1) is 0 Å². The smallest absolute Gasteiger partial charge is 0.376 e. The van der Waals surface area contributed by atoms with Crippen molar-refractivity contribution < 1.29 is 13.9 Å². The highest BCUT2D eigenvalue weighted by Gasteiger charge is 2.43. The molecule has 0 aliphatic heterocycles. The first-order valence-corrected chi connectivity index (χ1v) is 6.90. The number of hydrogen-bond acceptors (Lipinski definition) is 4. The van der Waals surface area contributed by atoms with E-state index in [4.69, 9.17) is 9.15 Å². The number of ether oxygens (including phenoxy) is 1. The second kappa shape index (κ2) is 5.12. The SMILES string of the molecule is CCOC(=O)c1oc(C2CC2c2ccccc2)nc1C. The number of oxazole rings is 1. The lowest BCUT2D eigenvalue weighted by molar-refractivity contribution is 0.0487. The zero-order chi connectivity index (χ0) is 14.1. The molecule has 0 spiro atoms. The number of hydrogen-bond donors (Lipinski definition) is 0. The Hall–Kier alpha value is -2.10. The fraction of sp³-hybridized carbons (Fsp3) is 0.375. The quantitative estimate of drug-likeness (QED) is 0.799. The van der Waals surface area contributed by atoms with Gasteiger partial charge in [0.1, 0.15) is 0 Å². The lowest BCUT2D eigenvalue weighted by Crippen LogP contribution is -2.04. The predicted molar refractivity (Wildman–Crippen MR) is 73.7 cm³/mol. The molecule has 0 radical (unpaired) electrons. The molecule has 104 valence electrons. The number of carbonyl (C=O) groups is 1. The average Bonchev–Trinajstić information content (AvgIpc) is 3.16. The number of carbonyl (C=O) groups excluding carboxylic acids is 1. The minimum Gasteiger partial charge on any atom is -0.460 e. The Morgan fingerprint density at radius 2 is 2.10 bits per heavy atom. The first-order chi connectivity index (χ1) is 9.70. The second-order valence-electron chi connectivity index (χ2n) is 5.05. The van der Waals surface area contributed by atoms with E-state index in [0.29, 0.717) is 24.1 Å². The summed E-state index contributed by atoms with van der Waals surface area (Å²) in [5.74, 6) is 1.18. The molecule has 2 atom stereocenters. The molecule has 0 N–H and O–H groups in total. The second-order valence-corrected chi connectivity index (χ2v) is 5.05. The van der Waals surface area contributed by atoms with Gasteiger partial charge in [-0.25, -0.2) is 9.78 Å². The molecule has 20 heavy (non-hydrogen) atoms. The molecule has 1 fully saturated rings. The summed E-state index contributed by atoms with van der Waals surface area (Å²) >= 11 is 0. The highest BCUT2D eigenvalue weighted by molar-refractivity contribution is 5.87. The van der Waals surface area contributed by atoms with Gasteiger partial charge in [-0.05, 0) is 31.7 Å². The van der Waals surface area contributed by atoms with Gasteiger partial charge in [0.15, 0.2) is 5.89 Å². The molecule has 4 heteroatoms. The fourth-order valence-electron chi connectivity index (χ4n) is 2.50. The Bertz CT molecular complexity index is 618. The molecule has 1 saturated carbocycles. The molecule has 1 aromatic heterocycles. The molecule has 0 saturated heterocycles. The first kappa shape index (κ1) is 12.9. The maximum atomic E-state index is 11.7. The van der Waals surface area contributed by atoms with Crippen molar-refractivity contribution in [1.29, 1.82) is 0 Å². The summed E-state index contributed by atoms with van der Waals surface area (Å²) in [4.78, 5) is 16.1. The normalized spacial score (nSPS) is 20.7. The molecule has 1 aliphatic rings. The third-order valence-corrected chi connectivity index (χ3v) is 3.61. The van der Waals surface area contributed by atoms with Gasteiger partial charge in [0.2, 0.25) is 5.76 Å². The lowest BCUT2D eigenvalue weighted by atomic mass is 10.1. The molecule has 0 bridgehead atoms. The highest BCUT2D eigenvalue weighted by atomic mass is 16.5. The molecule has 2 aromatic rings. The molecule has 1 heterocycles. The summed E-state index contributed by atoms with van der Waals surface area (Å²) in [6, 6.07) is 10.3. The molecule has 2 unspecified atom stereocenters.